The summed E-state index contributed by atoms with van der Waals surface area (Å²) in [7, 11) is 0. The second kappa shape index (κ2) is 12.0. The summed E-state index contributed by atoms with van der Waals surface area (Å²) in [4.78, 5) is 27.9. The molecule has 3 aromatic carbocycles. The van der Waals surface area contributed by atoms with E-state index in [4.69, 9.17) is 10.5 Å². The van der Waals surface area contributed by atoms with Crippen LogP contribution >= 0.6 is 11.3 Å². The Bertz CT molecular complexity index is 1240. The van der Waals surface area contributed by atoms with Crippen LogP contribution in [0.4, 0.5) is 5.69 Å². The second-order valence-corrected chi connectivity index (χ2v) is 8.95. The molecule has 6 nitrogen and oxygen atoms in total. The third kappa shape index (κ3) is 7.02. The zero-order valence-electron chi connectivity index (χ0n) is 19.2. The monoisotopic (exact) mass is 485 g/mol. The molecule has 178 valence electrons. The minimum Gasteiger partial charge on any atom is -0.484 e. The molecule has 35 heavy (non-hydrogen) atoms. The van der Waals surface area contributed by atoms with E-state index in [9.17, 15) is 9.59 Å². The van der Waals surface area contributed by atoms with Crippen molar-refractivity contribution >= 4 is 28.8 Å². The van der Waals surface area contributed by atoms with Crippen LogP contribution in [0.5, 0.6) is 5.75 Å². The molecule has 0 spiro atoms. The van der Waals surface area contributed by atoms with Crippen LogP contribution in [0.3, 0.4) is 0 Å². The molecule has 3 N–H and O–H groups in total. The molecule has 0 unspecified atom stereocenters. The molecule has 0 bridgehead atoms. The third-order valence-corrected chi connectivity index (χ3v) is 6.26. The Morgan fingerprint density at radius 2 is 1.57 bits per heavy atom. The Balaban J connectivity index is 1.45. The number of hydrogen-bond donors (Lipinski definition) is 2. The number of nitrogens with two attached hydrogens (primary N) is 1. The Labute approximate surface area is 209 Å². The molecule has 0 atom stereocenters. The van der Waals surface area contributed by atoms with Crippen LogP contribution in [0.2, 0.25) is 0 Å². The Hall–Kier alpha value is -3.94. The average Bonchev–Trinajstić information content (AvgIpc) is 3.44. The molecule has 1 aromatic heterocycles. The molecule has 7 heteroatoms. The van der Waals surface area contributed by atoms with E-state index in [-0.39, 0.29) is 18.4 Å². The van der Waals surface area contributed by atoms with Crippen LogP contribution in [0, 0.1) is 0 Å². The quantitative estimate of drug-likeness (QED) is 0.329. The highest BCUT2D eigenvalue weighted by atomic mass is 32.1. The van der Waals surface area contributed by atoms with Crippen LogP contribution < -0.4 is 15.8 Å². The molecule has 0 radical (unpaired) electrons. The Morgan fingerprint density at radius 1 is 0.829 bits per heavy atom. The summed E-state index contributed by atoms with van der Waals surface area (Å²) in [6, 6.07) is 28.4. The maximum Gasteiger partial charge on any atom is 0.265 e. The smallest absolute Gasteiger partial charge is 0.265 e. The van der Waals surface area contributed by atoms with E-state index in [1.165, 1.54) is 11.3 Å². The van der Waals surface area contributed by atoms with Crippen molar-refractivity contribution in [1.29, 1.82) is 0 Å². The van der Waals surface area contributed by atoms with E-state index >= 15 is 0 Å². The van der Waals surface area contributed by atoms with Gasteiger partial charge >= 0.3 is 0 Å². The van der Waals surface area contributed by atoms with Crippen molar-refractivity contribution in [2.24, 2.45) is 5.73 Å². The van der Waals surface area contributed by atoms with E-state index in [2.05, 4.69) is 5.32 Å². The number of hydrogen-bond acceptors (Lipinski definition) is 5. The summed E-state index contributed by atoms with van der Waals surface area (Å²) in [6.45, 7) is 1.22. The first-order chi connectivity index (χ1) is 17.1. The van der Waals surface area contributed by atoms with Crippen molar-refractivity contribution in [1.82, 2.24) is 4.90 Å². The first-order valence-electron chi connectivity index (χ1n) is 11.3. The van der Waals surface area contributed by atoms with Crippen LogP contribution in [-0.2, 0) is 24.4 Å². The van der Waals surface area contributed by atoms with E-state index in [0.29, 0.717) is 35.9 Å². The SMILES string of the molecule is NCc1cccc(CN(Cc2ccc(NC(=O)c3cccs3)cc2)C(=O)COc2ccccc2)c1. The number of thiophene rings is 1. The van der Waals surface area contributed by atoms with Gasteiger partial charge in [0.05, 0.1) is 4.88 Å². The predicted molar refractivity (Wildman–Crippen MR) is 139 cm³/mol. The highest BCUT2D eigenvalue weighted by Crippen LogP contribution is 2.17. The zero-order chi connectivity index (χ0) is 24.5. The molecule has 0 aliphatic carbocycles. The number of carbonyl (C=O) groups is 2. The molecule has 0 saturated heterocycles. The van der Waals surface area contributed by atoms with Crippen LogP contribution in [0.1, 0.15) is 26.4 Å². The number of para-hydroxylation sites is 1. The van der Waals surface area contributed by atoms with Gasteiger partial charge in [-0.3, -0.25) is 9.59 Å². The number of nitrogens with zero attached hydrogens (tertiary/aromatic N) is 1. The van der Waals surface area contributed by atoms with Crippen LogP contribution in [0.15, 0.2) is 96.4 Å². The number of anilines is 1. The lowest BCUT2D eigenvalue weighted by Crippen LogP contribution is -2.34. The van der Waals surface area contributed by atoms with Gasteiger partial charge in [-0.05, 0) is 52.4 Å². The van der Waals surface area contributed by atoms with Crippen molar-refractivity contribution in [3.63, 3.8) is 0 Å². The molecule has 0 aliphatic heterocycles. The van der Waals surface area contributed by atoms with Gasteiger partial charge in [0.2, 0.25) is 0 Å². The number of ether oxygens (including phenoxy) is 1. The average molecular weight is 486 g/mol. The van der Waals surface area contributed by atoms with Crippen LogP contribution in [0.25, 0.3) is 0 Å². The summed E-state index contributed by atoms with van der Waals surface area (Å²) < 4.78 is 5.71. The molecule has 4 aromatic rings. The molecular formula is C28H27N3O3S. The van der Waals surface area contributed by atoms with Gasteiger partial charge in [0.1, 0.15) is 5.75 Å². The standard InChI is InChI=1S/C28H27N3O3S/c29-17-22-6-4-7-23(16-22)19-31(27(32)20-34-25-8-2-1-3-9-25)18-21-11-13-24(14-12-21)30-28(33)26-10-5-15-35-26/h1-16H,17-20,29H2,(H,30,33). The van der Waals surface area contributed by atoms with Crippen molar-refractivity contribution in [3.05, 3.63) is 118 Å². The second-order valence-electron chi connectivity index (χ2n) is 8.00. The molecule has 2 amide bonds. The number of rotatable bonds is 10. The fourth-order valence-corrected chi connectivity index (χ4v) is 4.19. The predicted octanol–water partition coefficient (Wildman–Crippen LogP) is 5.07. The van der Waals surface area contributed by atoms with Gasteiger partial charge in [-0.15, -0.1) is 11.3 Å². The molecule has 0 saturated carbocycles. The van der Waals surface area contributed by atoms with Gasteiger partial charge in [0.15, 0.2) is 6.61 Å². The molecule has 0 aliphatic rings. The van der Waals surface area contributed by atoms with Crippen molar-refractivity contribution in [3.8, 4) is 5.75 Å². The lowest BCUT2D eigenvalue weighted by molar-refractivity contribution is -0.134. The number of nitrogens with one attached hydrogen (secondary N) is 1. The first-order valence-corrected chi connectivity index (χ1v) is 12.2. The topological polar surface area (TPSA) is 84.7 Å². The molecular weight excluding hydrogens is 458 g/mol. The van der Waals surface area contributed by atoms with Gasteiger partial charge < -0.3 is 20.7 Å². The minimum atomic E-state index is -0.137. The molecule has 4 rings (SSSR count). The lowest BCUT2D eigenvalue weighted by Gasteiger charge is -2.23. The van der Waals surface area contributed by atoms with Gasteiger partial charge in [-0.2, -0.15) is 0 Å². The summed E-state index contributed by atoms with van der Waals surface area (Å²) in [5.41, 5.74) is 9.46. The number of amides is 2. The Morgan fingerprint density at radius 3 is 2.29 bits per heavy atom. The van der Waals surface area contributed by atoms with E-state index in [0.717, 1.165) is 16.7 Å². The Kier molecular flexibility index (Phi) is 8.27. The van der Waals surface area contributed by atoms with Gasteiger partial charge in [0, 0.05) is 25.3 Å². The minimum absolute atomic E-state index is 0.0600. The third-order valence-electron chi connectivity index (χ3n) is 5.39. The van der Waals surface area contributed by atoms with Crippen molar-refractivity contribution < 1.29 is 14.3 Å². The molecule has 0 fully saturated rings. The zero-order valence-corrected chi connectivity index (χ0v) is 20.0. The van der Waals surface area contributed by atoms with Crippen molar-refractivity contribution in [2.45, 2.75) is 19.6 Å². The van der Waals surface area contributed by atoms with Gasteiger partial charge in [-0.1, -0.05) is 60.7 Å². The number of benzene rings is 3. The maximum absolute atomic E-state index is 13.1. The summed E-state index contributed by atoms with van der Waals surface area (Å²) in [5, 5.41) is 4.77. The van der Waals surface area contributed by atoms with Crippen molar-refractivity contribution in [2.75, 3.05) is 11.9 Å². The fourth-order valence-electron chi connectivity index (χ4n) is 3.58. The highest BCUT2D eigenvalue weighted by molar-refractivity contribution is 7.12. The fraction of sp³-hybridized carbons (Fsp3) is 0.143. The maximum atomic E-state index is 13.1. The van der Waals surface area contributed by atoms with E-state index in [1.807, 2.05) is 90.3 Å². The lowest BCUT2D eigenvalue weighted by atomic mass is 10.1. The van der Waals surface area contributed by atoms with Crippen LogP contribution in [-0.4, -0.2) is 23.3 Å². The normalized spacial score (nSPS) is 10.5. The summed E-state index contributed by atoms with van der Waals surface area (Å²) >= 11 is 1.40. The van der Waals surface area contributed by atoms with E-state index < -0.39 is 0 Å². The molecule has 1 heterocycles. The first kappa shape index (κ1) is 24.2. The highest BCUT2D eigenvalue weighted by Gasteiger charge is 2.16. The van der Waals surface area contributed by atoms with Gasteiger partial charge in [-0.25, -0.2) is 0 Å². The largest absolute Gasteiger partial charge is 0.484 e. The summed E-state index contributed by atoms with van der Waals surface area (Å²) in [5.74, 6) is 0.390. The van der Waals surface area contributed by atoms with E-state index in [1.54, 1.807) is 11.0 Å². The number of carbonyl (C=O) groups excluding carboxylic acids is 2. The summed E-state index contributed by atoms with van der Waals surface area (Å²) in [6.07, 6.45) is 0. The van der Waals surface area contributed by atoms with Gasteiger partial charge in [0.25, 0.3) is 11.8 Å².